The van der Waals surface area contributed by atoms with Crippen molar-refractivity contribution in [2.75, 3.05) is 5.32 Å². The Kier molecular flexibility index (Phi) is 7.08. The van der Waals surface area contributed by atoms with Crippen molar-refractivity contribution in [1.29, 1.82) is 0 Å². The van der Waals surface area contributed by atoms with E-state index < -0.39 is 30.0 Å². The van der Waals surface area contributed by atoms with Crippen LogP contribution in [0, 0.1) is 0 Å². The number of pyridine rings is 1. The van der Waals surface area contributed by atoms with Crippen molar-refractivity contribution in [1.82, 2.24) is 14.6 Å². The monoisotopic (exact) mass is 472 g/mol. The van der Waals surface area contributed by atoms with E-state index in [0.717, 1.165) is 6.20 Å². The smallest absolute Gasteiger partial charge is 0.417 e. The van der Waals surface area contributed by atoms with E-state index in [1.807, 2.05) is 0 Å². The third kappa shape index (κ3) is 6.03. The molecular weight excluding hydrogens is 459 g/mol. The lowest BCUT2D eigenvalue weighted by atomic mass is 10.1. The molecule has 32 heavy (non-hydrogen) atoms. The van der Waals surface area contributed by atoms with E-state index in [4.69, 9.17) is 0 Å². The highest BCUT2D eigenvalue weighted by Crippen LogP contribution is 2.29. The summed E-state index contributed by atoms with van der Waals surface area (Å²) in [7, 11) is 0. The topological polar surface area (TPSA) is 94.1 Å². The van der Waals surface area contributed by atoms with Gasteiger partial charge in [-0.15, -0.1) is 5.10 Å². The summed E-state index contributed by atoms with van der Waals surface area (Å²) in [5.41, 5.74) is -0.906. The first-order chi connectivity index (χ1) is 15.1. The fraction of sp³-hybridized carbons (Fsp3) is 0.211. The number of halogens is 5. The second-order valence-electron chi connectivity index (χ2n) is 6.31. The minimum absolute atomic E-state index is 0.0157. The number of anilines is 1. The maximum Gasteiger partial charge on any atom is 0.417 e. The normalized spacial score (nSPS) is 11.4. The predicted octanol–water partition coefficient (Wildman–Crippen LogP) is 4.62. The van der Waals surface area contributed by atoms with Crippen molar-refractivity contribution < 1.29 is 36.3 Å². The van der Waals surface area contributed by atoms with E-state index in [1.165, 1.54) is 24.3 Å². The zero-order chi connectivity index (χ0) is 23.3. The minimum Gasteiger partial charge on any atom is -0.435 e. The Bertz CT molecular complexity index is 1100. The van der Waals surface area contributed by atoms with E-state index in [0.29, 0.717) is 29.4 Å². The van der Waals surface area contributed by atoms with E-state index >= 15 is 0 Å². The van der Waals surface area contributed by atoms with Crippen molar-refractivity contribution >= 4 is 28.2 Å². The van der Waals surface area contributed by atoms with Gasteiger partial charge in [-0.25, -0.2) is 0 Å². The lowest BCUT2D eigenvalue weighted by Crippen LogP contribution is -2.16. The molecule has 2 heterocycles. The quantitative estimate of drug-likeness (QED) is 0.380. The highest BCUT2D eigenvalue weighted by Gasteiger charge is 2.31. The molecule has 0 spiro atoms. The first-order valence-corrected chi connectivity index (χ1v) is 9.63. The lowest BCUT2D eigenvalue weighted by molar-refractivity contribution is -0.137. The molecular formula is C19H13F5N4O3S. The van der Waals surface area contributed by atoms with Crippen LogP contribution < -0.4 is 10.1 Å². The summed E-state index contributed by atoms with van der Waals surface area (Å²) in [6.07, 6.45) is -2.90. The number of hydrogen-bond donors (Lipinski definition) is 1. The van der Waals surface area contributed by atoms with Crippen LogP contribution in [0.15, 0.2) is 42.7 Å². The Labute approximate surface area is 181 Å². The van der Waals surface area contributed by atoms with Gasteiger partial charge < -0.3 is 10.1 Å². The number of benzene rings is 1. The van der Waals surface area contributed by atoms with E-state index in [-0.39, 0.29) is 34.8 Å². The van der Waals surface area contributed by atoms with Gasteiger partial charge in [0.2, 0.25) is 0 Å². The number of hydrogen-bond acceptors (Lipinski definition) is 7. The van der Waals surface area contributed by atoms with Crippen LogP contribution in [-0.4, -0.2) is 32.9 Å². The second kappa shape index (κ2) is 9.77. The average Bonchev–Trinajstić information content (AvgIpc) is 3.20. The summed E-state index contributed by atoms with van der Waals surface area (Å²) < 4.78 is 70.6. The molecule has 3 rings (SSSR count). The number of Topliss-reactive ketones (excluding diaryl/α,β-unsaturated/α-hetero) is 1. The van der Waals surface area contributed by atoms with Gasteiger partial charge in [0.05, 0.1) is 11.1 Å². The van der Waals surface area contributed by atoms with Gasteiger partial charge in [0.25, 0.3) is 5.91 Å². The van der Waals surface area contributed by atoms with Gasteiger partial charge in [-0.1, -0.05) is 16.6 Å². The van der Waals surface area contributed by atoms with E-state index in [9.17, 15) is 31.5 Å². The second-order valence-corrected chi connectivity index (χ2v) is 7.06. The highest BCUT2D eigenvalue weighted by molar-refractivity contribution is 7.10. The molecule has 0 bridgehead atoms. The number of nitrogens with zero attached hydrogens (tertiary/aromatic N) is 3. The molecule has 0 fully saturated rings. The Hall–Kier alpha value is -3.48. The molecule has 13 heteroatoms. The van der Waals surface area contributed by atoms with Crippen LogP contribution in [0.5, 0.6) is 5.75 Å². The molecule has 1 N–H and O–H groups in total. The average molecular weight is 472 g/mol. The number of carbonyl (C=O) groups is 2. The fourth-order valence-corrected chi connectivity index (χ4v) is 3.15. The summed E-state index contributed by atoms with van der Waals surface area (Å²) >= 11 is 0.696. The van der Waals surface area contributed by atoms with Gasteiger partial charge in [-0.2, -0.15) is 22.0 Å². The first kappa shape index (κ1) is 23.2. The number of ketones is 1. The first-order valence-electron chi connectivity index (χ1n) is 8.86. The van der Waals surface area contributed by atoms with Gasteiger partial charge in [-0.3, -0.25) is 14.6 Å². The van der Waals surface area contributed by atoms with Crippen molar-refractivity contribution in [3.05, 3.63) is 65.1 Å². The SMILES string of the molecule is O=C(Nc1snnc1C(=O)CCc1ccc(OC(F)F)cc1)c1cncc(C(F)(F)F)c1. The molecule has 1 aromatic carbocycles. The molecule has 0 saturated heterocycles. The largest absolute Gasteiger partial charge is 0.435 e. The molecule has 7 nitrogen and oxygen atoms in total. The van der Waals surface area contributed by atoms with E-state index in [2.05, 4.69) is 24.6 Å². The highest BCUT2D eigenvalue weighted by atomic mass is 32.1. The Morgan fingerprint density at radius 3 is 2.50 bits per heavy atom. The van der Waals surface area contributed by atoms with Gasteiger partial charge in [-0.05, 0) is 30.2 Å². The summed E-state index contributed by atoms with van der Waals surface area (Å²) in [5, 5.41) is 6.00. The van der Waals surface area contributed by atoms with Crippen molar-refractivity contribution in [3.8, 4) is 5.75 Å². The summed E-state index contributed by atoms with van der Waals surface area (Å²) in [6.45, 7) is -2.94. The van der Waals surface area contributed by atoms with Crippen LogP contribution in [-0.2, 0) is 12.6 Å². The van der Waals surface area contributed by atoms with Gasteiger partial charge >= 0.3 is 12.8 Å². The van der Waals surface area contributed by atoms with Crippen LogP contribution in [0.25, 0.3) is 0 Å². The van der Waals surface area contributed by atoms with Gasteiger partial charge in [0.15, 0.2) is 11.5 Å². The maximum absolute atomic E-state index is 12.8. The molecule has 0 atom stereocenters. The predicted molar refractivity (Wildman–Crippen MR) is 103 cm³/mol. The summed E-state index contributed by atoms with van der Waals surface area (Å²) in [6, 6.07) is 6.36. The number of amides is 1. The Balaban J connectivity index is 1.63. The molecule has 0 saturated carbocycles. The molecule has 2 aromatic heterocycles. The number of aromatic nitrogens is 3. The molecule has 0 aliphatic heterocycles. The van der Waals surface area contributed by atoms with Crippen molar-refractivity contribution in [2.45, 2.75) is 25.6 Å². The van der Waals surface area contributed by atoms with Crippen molar-refractivity contribution in [3.63, 3.8) is 0 Å². The summed E-state index contributed by atoms with van der Waals surface area (Å²) in [5.74, 6) is -1.39. The van der Waals surface area contributed by atoms with Crippen LogP contribution in [0.3, 0.4) is 0 Å². The minimum atomic E-state index is -4.67. The lowest BCUT2D eigenvalue weighted by Gasteiger charge is -2.08. The number of aryl methyl sites for hydroxylation is 1. The number of rotatable bonds is 8. The van der Waals surface area contributed by atoms with Crippen LogP contribution in [0.1, 0.15) is 38.4 Å². The fourth-order valence-electron chi connectivity index (χ4n) is 2.56. The van der Waals surface area contributed by atoms with Crippen LogP contribution in [0.2, 0.25) is 0 Å². The van der Waals surface area contributed by atoms with Crippen molar-refractivity contribution in [2.24, 2.45) is 0 Å². The molecule has 0 aliphatic carbocycles. The number of nitrogens with one attached hydrogen (secondary N) is 1. The number of carbonyl (C=O) groups excluding carboxylic acids is 2. The molecule has 168 valence electrons. The molecule has 3 aromatic rings. The third-order valence-electron chi connectivity index (χ3n) is 4.10. The van der Waals surface area contributed by atoms with Crippen LogP contribution in [0.4, 0.5) is 27.0 Å². The standard InChI is InChI=1S/C19H13F5N4O3S/c20-18(21)31-13-4-1-10(2-5-13)3-6-14(29)15-17(32-28-27-15)26-16(30)11-7-12(9-25-8-11)19(22,23)24/h1-2,4-5,7-9,18H,3,6H2,(H,26,30). The summed E-state index contributed by atoms with van der Waals surface area (Å²) in [4.78, 5) is 28.2. The molecule has 0 unspecified atom stereocenters. The van der Waals surface area contributed by atoms with Gasteiger partial charge in [0, 0.05) is 30.3 Å². The van der Waals surface area contributed by atoms with Crippen LogP contribution >= 0.6 is 11.5 Å². The van der Waals surface area contributed by atoms with E-state index in [1.54, 1.807) is 0 Å². The number of ether oxygens (including phenoxy) is 1. The Morgan fingerprint density at radius 2 is 1.84 bits per heavy atom. The third-order valence-corrected chi connectivity index (χ3v) is 4.74. The van der Waals surface area contributed by atoms with Gasteiger partial charge in [0.1, 0.15) is 10.8 Å². The zero-order valence-electron chi connectivity index (χ0n) is 15.9. The maximum atomic E-state index is 12.8. The molecule has 0 aliphatic rings. The zero-order valence-corrected chi connectivity index (χ0v) is 16.7. The molecule has 0 radical (unpaired) electrons. The molecule has 1 amide bonds. The Morgan fingerprint density at radius 1 is 1.12 bits per heavy atom. The number of alkyl halides is 5.